The minimum atomic E-state index is 0.721. The Bertz CT molecular complexity index is 929. The van der Waals surface area contributed by atoms with Crippen LogP contribution in [0.5, 0.6) is 23.0 Å². The van der Waals surface area contributed by atoms with Crippen molar-refractivity contribution in [1.29, 1.82) is 0 Å². The molecule has 0 fully saturated rings. The van der Waals surface area contributed by atoms with Gasteiger partial charge in [-0.25, -0.2) is 0 Å². The van der Waals surface area contributed by atoms with Crippen molar-refractivity contribution in [2.24, 2.45) is 10.2 Å². The molecule has 0 heterocycles. The van der Waals surface area contributed by atoms with Crippen LogP contribution in [-0.2, 0) is 12.8 Å². The summed E-state index contributed by atoms with van der Waals surface area (Å²) in [6, 6.07) is 8.16. The smallest absolute Gasteiger partial charge is 0.161 e. The number of methoxy groups -OCH3 is 4. The van der Waals surface area contributed by atoms with Gasteiger partial charge in [0.2, 0.25) is 0 Å². The quantitative estimate of drug-likeness (QED) is 0.679. The van der Waals surface area contributed by atoms with Crippen LogP contribution < -0.4 is 18.9 Å². The highest BCUT2D eigenvalue weighted by molar-refractivity contribution is 6.06. The maximum absolute atomic E-state index is 5.50. The van der Waals surface area contributed by atoms with E-state index < -0.39 is 0 Å². The minimum Gasteiger partial charge on any atom is -0.493 e. The molecule has 2 aliphatic rings. The summed E-state index contributed by atoms with van der Waals surface area (Å²) in [6.45, 7) is 0. The fourth-order valence-electron chi connectivity index (χ4n) is 4.28. The molecule has 0 saturated carbocycles. The number of rotatable bonds is 5. The average Bonchev–Trinajstić information content (AvgIpc) is 2.80. The summed E-state index contributed by atoms with van der Waals surface area (Å²) in [5, 5.41) is 9.42. The summed E-state index contributed by atoms with van der Waals surface area (Å²) in [4.78, 5) is 0. The summed E-state index contributed by atoms with van der Waals surface area (Å²) in [5.74, 6) is 2.95. The molecule has 0 aromatic heterocycles. The van der Waals surface area contributed by atoms with Crippen LogP contribution in [-0.4, -0.2) is 39.9 Å². The maximum Gasteiger partial charge on any atom is 0.161 e. The number of nitrogens with zero attached hydrogens (tertiary/aromatic N) is 2. The van der Waals surface area contributed by atoms with Crippen molar-refractivity contribution in [3.05, 3.63) is 46.5 Å². The SMILES string of the molecule is COc1cc2c(cc1OC)/C(=N/N=C1\CCCc3cc(OC)c(OC)cc31)CCC2. The number of fused-ring (bicyclic) bond motifs is 2. The van der Waals surface area contributed by atoms with Crippen molar-refractivity contribution < 1.29 is 18.9 Å². The van der Waals surface area contributed by atoms with Crippen LogP contribution in [0.25, 0.3) is 0 Å². The van der Waals surface area contributed by atoms with Gasteiger partial charge in [0.15, 0.2) is 23.0 Å². The zero-order chi connectivity index (χ0) is 21.1. The van der Waals surface area contributed by atoms with Crippen LogP contribution in [0.2, 0.25) is 0 Å². The van der Waals surface area contributed by atoms with Crippen molar-refractivity contribution in [2.45, 2.75) is 38.5 Å². The van der Waals surface area contributed by atoms with Crippen LogP contribution in [0.4, 0.5) is 0 Å². The first-order valence-electron chi connectivity index (χ1n) is 10.3. The fraction of sp³-hybridized carbons (Fsp3) is 0.417. The number of aryl methyl sites for hydroxylation is 2. The molecule has 0 spiro atoms. The molecule has 6 heteroatoms. The topological polar surface area (TPSA) is 61.6 Å². The number of benzene rings is 2. The van der Waals surface area contributed by atoms with Crippen LogP contribution in [0, 0.1) is 0 Å². The first-order chi connectivity index (χ1) is 14.7. The zero-order valence-corrected chi connectivity index (χ0v) is 18.1. The molecular formula is C24H28N2O4. The summed E-state index contributed by atoms with van der Waals surface area (Å²) in [6.07, 6.45) is 5.91. The monoisotopic (exact) mass is 408 g/mol. The summed E-state index contributed by atoms with van der Waals surface area (Å²) >= 11 is 0. The number of hydrogen-bond donors (Lipinski definition) is 0. The minimum absolute atomic E-state index is 0.721. The van der Waals surface area contributed by atoms with E-state index in [0.717, 1.165) is 84.1 Å². The molecule has 0 saturated heterocycles. The molecule has 0 bridgehead atoms. The van der Waals surface area contributed by atoms with E-state index >= 15 is 0 Å². The largest absolute Gasteiger partial charge is 0.493 e. The van der Waals surface area contributed by atoms with E-state index in [2.05, 4.69) is 12.1 Å². The van der Waals surface area contributed by atoms with Crippen molar-refractivity contribution in [1.82, 2.24) is 0 Å². The van der Waals surface area contributed by atoms with Gasteiger partial charge in [0.1, 0.15) is 0 Å². The summed E-state index contributed by atoms with van der Waals surface area (Å²) in [7, 11) is 6.64. The second-order valence-electron chi connectivity index (χ2n) is 7.53. The van der Waals surface area contributed by atoms with Gasteiger partial charge in [-0.1, -0.05) is 0 Å². The molecule has 0 unspecified atom stereocenters. The van der Waals surface area contributed by atoms with E-state index in [0.29, 0.717) is 0 Å². The van der Waals surface area contributed by atoms with E-state index in [9.17, 15) is 0 Å². The van der Waals surface area contributed by atoms with Crippen LogP contribution in [0.1, 0.15) is 47.9 Å². The number of hydrogen-bond acceptors (Lipinski definition) is 6. The molecule has 158 valence electrons. The van der Waals surface area contributed by atoms with E-state index in [4.69, 9.17) is 29.2 Å². The van der Waals surface area contributed by atoms with Gasteiger partial charge < -0.3 is 18.9 Å². The molecule has 0 amide bonds. The molecule has 4 rings (SSSR count). The lowest BCUT2D eigenvalue weighted by molar-refractivity contribution is 0.354. The second-order valence-corrected chi connectivity index (χ2v) is 7.53. The van der Waals surface area contributed by atoms with Crippen molar-refractivity contribution in [2.75, 3.05) is 28.4 Å². The van der Waals surface area contributed by atoms with E-state index in [1.165, 1.54) is 11.1 Å². The molecule has 2 aliphatic carbocycles. The van der Waals surface area contributed by atoms with Gasteiger partial charge >= 0.3 is 0 Å². The predicted molar refractivity (Wildman–Crippen MR) is 118 cm³/mol. The normalized spacial score (nSPS) is 18.0. The maximum atomic E-state index is 5.50. The van der Waals surface area contributed by atoms with Crippen molar-refractivity contribution in [3.8, 4) is 23.0 Å². The summed E-state index contributed by atoms with van der Waals surface area (Å²) in [5.41, 5.74) is 6.66. The molecule has 2 aromatic rings. The molecule has 0 radical (unpaired) electrons. The van der Waals surface area contributed by atoms with Gasteiger partial charge in [0.05, 0.1) is 39.9 Å². The fourth-order valence-corrected chi connectivity index (χ4v) is 4.28. The highest BCUT2D eigenvalue weighted by Crippen LogP contribution is 2.36. The Morgan fingerprint density at radius 1 is 0.533 bits per heavy atom. The van der Waals surface area contributed by atoms with E-state index in [1.807, 2.05) is 12.1 Å². The van der Waals surface area contributed by atoms with Crippen LogP contribution in [0.15, 0.2) is 34.5 Å². The Balaban J connectivity index is 1.73. The lowest BCUT2D eigenvalue weighted by Crippen LogP contribution is -2.14. The molecular weight excluding hydrogens is 380 g/mol. The third kappa shape index (κ3) is 3.74. The van der Waals surface area contributed by atoms with Gasteiger partial charge in [-0.3, -0.25) is 0 Å². The van der Waals surface area contributed by atoms with Crippen molar-refractivity contribution >= 4 is 11.4 Å². The molecule has 2 aromatic carbocycles. The van der Waals surface area contributed by atoms with Crippen LogP contribution in [0.3, 0.4) is 0 Å². The van der Waals surface area contributed by atoms with Crippen molar-refractivity contribution in [3.63, 3.8) is 0 Å². The van der Waals surface area contributed by atoms with Gasteiger partial charge in [0.25, 0.3) is 0 Å². The van der Waals surface area contributed by atoms with E-state index in [1.54, 1.807) is 28.4 Å². The lowest BCUT2D eigenvalue weighted by Gasteiger charge is -2.21. The molecule has 0 atom stereocenters. The Labute approximate surface area is 177 Å². The Hall–Kier alpha value is -3.02. The molecule has 30 heavy (non-hydrogen) atoms. The highest BCUT2D eigenvalue weighted by atomic mass is 16.5. The zero-order valence-electron chi connectivity index (χ0n) is 18.1. The van der Waals surface area contributed by atoms with Crippen LogP contribution >= 0.6 is 0 Å². The first-order valence-corrected chi connectivity index (χ1v) is 10.3. The van der Waals surface area contributed by atoms with Gasteiger partial charge in [-0.2, -0.15) is 10.2 Å². The van der Waals surface area contributed by atoms with E-state index in [-0.39, 0.29) is 0 Å². The average molecular weight is 408 g/mol. The second kappa shape index (κ2) is 8.78. The Morgan fingerprint density at radius 3 is 1.27 bits per heavy atom. The molecule has 0 aliphatic heterocycles. The number of ether oxygens (including phenoxy) is 4. The predicted octanol–water partition coefficient (Wildman–Crippen LogP) is 4.59. The summed E-state index contributed by atoms with van der Waals surface area (Å²) < 4.78 is 21.9. The van der Waals surface area contributed by atoms with Gasteiger partial charge in [0, 0.05) is 11.1 Å². The highest BCUT2D eigenvalue weighted by Gasteiger charge is 2.22. The Morgan fingerprint density at radius 2 is 0.900 bits per heavy atom. The van der Waals surface area contributed by atoms with Gasteiger partial charge in [-0.05, 0) is 73.9 Å². The lowest BCUT2D eigenvalue weighted by atomic mass is 9.89. The third-order valence-electron chi connectivity index (χ3n) is 5.85. The third-order valence-corrected chi connectivity index (χ3v) is 5.85. The standard InChI is InChI=1S/C24H28N2O4/c1-27-21-11-15-7-5-9-19(17(15)13-23(21)29-3)25-26-20-10-6-8-16-12-22(28-2)24(30-4)14-18(16)20/h11-14H,5-10H2,1-4H3/b25-19+,26-20+. The Kier molecular flexibility index (Phi) is 5.93. The van der Waals surface area contributed by atoms with Gasteiger partial charge in [-0.15, -0.1) is 0 Å². The molecule has 0 N–H and O–H groups in total. The molecule has 6 nitrogen and oxygen atoms in total. The first kappa shape index (κ1) is 20.3.